The highest BCUT2D eigenvalue weighted by atomic mass is 16.6. The number of ether oxygens (including phenoxy) is 1. The van der Waals surface area contributed by atoms with Gasteiger partial charge in [-0.1, -0.05) is 30.3 Å². The summed E-state index contributed by atoms with van der Waals surface area (Å²) in [5.74, 6) is -1.83. The Hall–Kier alpha value is -1.02. The normalized spacial score (nSPS) is 39.2. The number of aliphatic hydroxyl groups excluding tert-OH is 3. The van der Waals surface area contributed by atoms with Crippen molar-refractivity contribution >= 4 is 0 Å². The van der Waals surface area contributed by atoms with Gasteiger partial charge in [-0.15, -0.1) is 0 Å². The second-order valence-electron chi connectivity index (χ2n) is 4.85. The molecule has 0 spiro atoms. The van der Waals surface area contributed by atoms with Crippen molar-refractivity contribution in [3.63, 3.8) is 0 Å². The third kappa shape index (κ3) is 2.79. The van der Waals surface area contributed by atoms with Crippen molar-refractivity contribution in [2.75, 3.05) is 6.61 Å². The molecule has 0 aromatic heterocycles. The summed E-state index contributed by atoms with van der Waals surface area (Å²) in [5.41, 5.74) is 6.52. The summed E-state index contributed by atoms with van der Waals surface area (Å²) in [6.45, 7) is -0.512. The molecular formula is C13H19NO5. The highest BCUT2D eigenvalue weighted by molar-refractivity contribution is 5.18. The maximum Gasteiger partial charge on any atom is 0.188 e. The molecular weight excluding hydrogens is 250 g/mol. The van der Waals surface area contributed by atoms with Crippen LogP contribution < -0.4 is 5.73 Å². The molecule has 1 fully saturated rings. The van der Waals surface area contributed by atoms with Crippen molar-refractivity contribution in [2.45, 2.75) is 36.6 Å². The summed E-state index contributed by atoms with van der Waals surface area (Å²) in [6, 6.07) is 7.87. The maximum atomic E-state index is 10.5. The van der Waals surface area contributed by atoms with Crippen LogP contribution >= 0.6 is 0 Å². The molecule has 19 heavy (non-hydrogen) atoms. The van der Waals surface area contributed by atoms with Crippen molar-refractivity contribution in [3.05, 3.63) is 35.9 Å². The van der Waals surface area contributed by atoms with E-state index in [2.05, 4.69) is 0 Å². The zero-order valence-electron chi connectivity index (χ0n) is 10.4. The van der Waals surface area contributed by atoms with Gasteiger partial charge in [0.1, 0.15) is 18.3 Å². The van der Waals surface area contributed by atoms with Gasteiger partial charge in [0.15, 0.2) is 5.79 Å². The fraction of sp³-hybridized carbons (Fsp3) is 0.538. The van der Waals surface area contributed by atoms with Gasteiger partial charge in [-0.2, -0.15) is 0 Å². The van der Waals surface area contributed by atoms with Crippen LogP contribution in [0, 0.1) is 0 Å². The van der Waals surface area contributed by atoms with Gasteiger partial charge in [0.2, 0.25) is 0 Å². The van der Waals surface area contributed by atoms with E-state index < -0.39 is 36.7 Å². The minimum atomic E-state index is -1.83. The van der Waals surface area contributed by atoms with Gasteiger partial charge in [0.05, 0.1) is 12.6 Å². The summed E-state index contributed by atoms with van der Waals surface area (Å²) in [7, 11) is 0. The average molecular weight is 269 g/mol. The third-order valence-electron chi connectivity index (χ3n) is 3.46. The molecule has 1 saturated heterocycles. The number of aliphatic hydroxyl groups is 4. The predicted octanol–water partition coefficient (Wildman–Crippen LogP) is -1.64. The van der Waals surface area contributed by atoms with Crippen LogP contribution in [0.5, 0.6) is 0 Å². The third-order valence-corrected chi connectivity index (χ3v) is 3.46. The van der Waals surface area contributed by atoms with Crippen LogP contribution in [-0.2, 0) is 11.2 Å². The summed E-state index contributed by atoms with van der Waals surface area (Å²) < 4.78 is 5.29. The molecule has 6 heteroatoms. The van der Waals surface area contributed by atoms with Crippen molar-refractivity contribution in [3.8, 4) is 0 Å². The number of hydrogen-bond donors (Lipinski definition) is 5. The highest BCUT2D eigenvalue weighted by Gasteiger charge is 2.51. The summed E-state index contributed by atoms with van der Waals surface area (Å²) in [6.07, 6.45) is -3.69. The topological polar surface area (TPSA) is 116 Å². The molecule has 6 N–H and O–H groups in total. The van der Waals surface area contributed by atoms with E-state index in [0.29, 0.717) is 0 Å². The van der Waals surface area contributed by atoms with E-state index >= 15 is 0 Å². The number of nitrogens with two attached hydrogens (primary N) is 1. The molecule has 106 valence electrons. The van der Waals surface area contributed by atoms with Crippen LogP contribution in [0.15, 0.2) is 30.3 Å². The Labute approximate surface area is 111 Å². The van der Waals surface area contributed by atoms with Gasteiger partial charge in [-0.25, -0.2) is 0 Å². The van der Waals surface area contributed by atoms with E-state index in [1.54, 1.807) is 12.1 Å². The Morgan fingerprint density at radius 2 is 1.79 bits per heavy atom. The molecule has 5 atom stereocenters. The van der Waals surface area contributed by atoms with E-state index in [1.165, 1.54) is 0 Å². The SMILES string of the molecule is N[C@@H]1[C@@H](O)[C@H](O)[C@@H](CO)O[C@@]1(O)Cc1ccccc1. The Morgan fingerprint density at radius 1 is 1.16 bits per heavy atom. The number of rotatable bonds is 3. The molecule has 1 aromatic rings. The first-order valence-corrected chi connectivity index (χ1v) is 6.14. The Balaban J connectivity index is 2.21. The molecule has 0 saturated carbocycles. The molecule has 1 aliphatic heterocycles. The van der Waals surface area contributed by atoms with Gasteiger partial charge >= 0.3 is 0 Å². The fourth-order valence-electron chi connectivity index (χ4n) is 2.30. The van der Waals surface area contributed by atoms with Crippen molar-refractivity contribution in [2.24, 2.45) is 5.73 Å². The zero-order valence-corrected chi connectivity index (χ0v) is 10.4. The minimum absolute atomic E-state index is 0.0648. The van der Waals surface area contributed by atoms with Crippen LogP contribution in [0.2, 0.25) is 0 Å². The predicted molar refractivity (Wildman–Crippen MR) is 67.0 cm³/mol. The van der Waals surface area contributed by atoms with Crippen LogP contribution in [0.4, 0.5) is 0 Å². The minimum Gasteiger partial charge on any atom is -0.394 e. The fourth-order valence-corrected chi connectivity index (χ4v) is 2.30. The average Bonchev–Trinajstić information content (AvgIpc) is 2.42. The molecule has 1 aromatic carbocycles. The summed E-state index contributed by atoms with van der Waals surface area (Å²) >= 11 is 0. The lowest BCUT2D eigenvalue weighted by Crippen LogP contribution is -2.69. The van der Waals surface area contributed by atoms with Gasteiger partial charge in [-0.05, 0) is 5.56 Å². The second kappa shape index (κ2) is 5.54. The van der Waals surface area contributed by atoms with Gasteiger partial charge < -0.3 is 30.9 Å². The second-order valence-corrected chi connectivity index (χ2v) is 4.85. The number of hydrogen-bond acceptors (Lipinski definition) is 6. The molecule has 1 aliphatic rings. The lowest BCUT2D eigenvalue weighted by molar-refractivity contribution is -0.313. The van der Waals surface area contributed by atoms with Gasteiger partial charge in [0, 0.05) is 6.42 Å². The zero-order chi connectivity index (χ0) is 14.0. The first kappa shape index (κ1) is 14.4. The molecule has 0 radical (unpaired) electrons. The smallest absolute Gasteiger partial charge is 0.188 e. The van der Waals surface area contributed by atoms with E-state index in [1.807, 2.05) is 18.2 Å². The highest BCUT2D eigenvalue weighted by Crippen LogP contribution is 2.29. The van der Waals surface area contributed by atoms with Crippen molar-refractivity contribution < 1.29 is 25.2 Å². The Bertz CT molecular complexity index is 413. The van der Waals surface area contributed by atoms with Crippen molar-refractivity contribution in [1.29, 1.82) is 0 Å². The number of benzene rings is 1. The Morgan fingerprint density at radius 3 is 2.37 bits per heavy atom. The van der Waals surface area contributed by atoms with E-state index in [9.17, 15) is 15.3 Å². The maximum absolute atomic E-state index is 10.5. The van der Waals surface area contributed by atoms with Crippen LogP contribution in [-0.4, -0.2) is 57.2 Å². The molecule has 2 rings (SSSR count). The van der Waals surface area contributed by atoms with Crippen molar-refractivity contribution in [1.82, 2.24) is 0 Å². The molecule has 0 amide bonds. The largest absolute Gasteiger partial charge is 0.394 e. The Kier molecular flexibility index (Phi) is 4.19. The molecule has 0 unspecified atom stereocenters. The van der Waals surface area contributed by atoms with E-state index in [0.717, 1.165) is 5.56 Å². The molecule has 0 aliphatic carbocycles. The van der Waals surface area contributed by atoms with Crippen LogP contribution in [0.25, 0.3) is 0 Å². The summed E-state index contributed by atoms with van der Waals surface area (Å²) in [4.78, 5) is 0. The quantitative estimate of drug-likeness (QED) is 0.449. The molecule has 6 nitrogen and oxygen atoms in total. The molecule has 1 heterocycles. The molecule has 0 bridgehead atoms. The van der Waals surface area contributed by atoms with Crippen LogP contribution in [0.1, 0.15) is 5.56 Å². The van der Waals surface area contributed by atoms with Gasteiger partial charge in [-0.3, -0.25) is 0 Å². The van der Waals surface area contributed by atoms with Gasteiger partial charge in [0.25, 0.3) is 0 Å². The summed E-state index contributed by atoms with van der Waals surface area (Å²) in [5, 5.41) is 39.1. The lowest BCUT2D eigenvalue weighted by atomic mass is 9.87. The first-order chi connectivity index (χ1) is 8.98. The van der Waals surface area contributed by atoms with E-state index in [-0.39, 0.29) is 6.42 Å². The standard InChI is InChI=1S/C13H19NO5/c14-12-11(17)10(16)9(7-15)19-13(12,18)6-8-4-2-1-3-5-8/h1-5,9-12,15-18H,6-7,14H2/t9-,10-,11+,12-,13+/m1/s1. The van der Waals surface area contributed by atoms with E-state index in [4.69, 9.17) is 15.6 Å². The first-order valence-electron chi connectivity index (χ1n) is 6.14. The lowest BCUT2D eigenvalue weighted by Gasteiger charge is -2.46. The monoisotopic (exact) mass is 269 g/mol. The van der Waals surface area contributed by atoms with Crippen LogP contribution in [0.3, 0.4) is 0 Å².